The summed E-state index contributed by atoms with van der Waals surface area (Å²) in [5.74, 6) is 1.85. The predicted molar refractivity (Wildman–Crippen MR) is 99.6 cm³/mol. The third-order valence-corrected chi connectivity index (χ3v) is 8.88. The molecule has 0 radical (unpaired) electrons. The highest BCUT2D eigenvalue weighted by atomic mass is 16.1. The molecule has 0 bridgehead atoms. The van der Waals surface area contributed by atoms with Crippen molar-refractivity contribution in [3.05, 3.63) is 35.5 Å². The van der Waals surface area contributed by atoms with E-state index in [-0.39, 0.29) is 10.8 Å². The minimum absolute atomic E-state index is 0.167. The zero-order valence-corrected chi connectivity index (χ0v) is 15.9. The Bertz CT molecular complexity index is 680. The van der Waals surface area contributed by atoms with Crippen LogP contribution in [0.4, 0.5) is 0 Å². The van der Waals surface area contributed by atoms with E-state index in [2.05, 4.69) is 40.3 Å². The van der Waals surface area contributed by atoms with Crippen molar-refractivity contribution < 1.29 is 4.79 Å². The summed E-state index contributed by atoms with van der Waals surface area (Å²) in [6.45, 7) is 14.0. The maximum atomic E-state index is 11.9. The molecule has 1 heteroatoms. The monoisotopic (exact) mass is 324 g/mol. The zero-order valence-electron chi connectivity index (χ0n) is 15.9. The Morgan fingerprint density at radius 3 is 2.62 bits per heavy atom. The number of hydrogen-bond acceptors (Lipinski definition) is 1. The number of carbonyl (C=O) groups is 1. The lowest BCUT2D eigenvalue weighted by Gasteiger charge is -2.55. The molecule has 1 unspecified atom stereocenters. The Morgan fingerprint density at radius 1 is 1.17 bits per heavy atom. The molecule has 130 valence electrons. The number of carbonyl (C=O) groups excluding carboxylic acids is 1. The highest BCUT2D eigenvalue weighted by Gasteiger charge is 2.60. The van der Waals surface area contributed by atoms with E-state index in [1.54, 1.807) is 5.57 Å². The van der Waals surface area contributed by atoms with Crippen molar-refractivity contribution in [3.63, 3.8) is 0 Å². The molecule has 5 atom stereocenters. The molecule has 1 nitrogen and oxygen atoms in total. The van der Waals surface area contributed by atoms with Gasteiger partial charge < -0.3 is 0 Å². The van der Waals surface area contributed by atoms with Crippen LogP contribution in [-0.4, -0.2) is 5.78 Å². The maximum Gasteiger partial charge on any atom is 0.155 e. The van der Waals surface area contributed by atoms with Gasteiger partial charge in [-0.15, -0.1) is 0 Å². The van der Waals surface area contributed by atoms with Crippen LogP contribution in [0.25, 0.3) is 0 Å². The molecule has 4 aliphatic carbocycles. The molecule has 0 aromatic rings. The first-order chi connectivity index (χ1) is 11.2. The highest BCUT2D eigenvalue weighted by Crippen LogP contribution is 2.69. The first-order valence-corrected chi connectivity index (χ1v) is 9.83. The third kappa shape index (κ3) is 1.85. The van der Waals surface area contributed by atoms with Crippen LogP contribution in [0.15, 0.2) is 35.5 Å². The summed E-state index contributed by atoms with van der Waals surface area (Å²) in [5, 5.41) is 0. The number of allylic oxidation sites excluding steroid dienone is 5. The van der Waals surface area contributed by atoms with Crippen molar-refractivity contribution >= 4 is 5.78 Å². The van der Waals surface area contributed by atoms with Crippen LogP contribution in [0.3, 0.4) is 0 Å². The molecule has 0 aromatic heterocycles. The lowest BCUT2D eigenvalue weighted by Crippen LogP contribution is -2.47. The van der Waals surface area contributed by atoms with Gasteiger partial charge in [0.1, 0.15) is 0 Å². The van der Waals surface area contributed by atoms with Gasteiger partial charge in [0.25, 0.3) is 0 Å². The SMILES string of the molecule is C=C(C)[C@@]1(C)CC[C@H]2C3CCC4=CC(=O)CC[C@]4(C)C3=CC[C@@]21C. The van der Waals surface area contributed by atoms with Crippen molar-refractivity contribution in [2.75, 3.05) is 0 Å². The number of fused-ring (bicyclic) bond motifs is 5. The zero-order chi connectivity index (χ0) is 17.3. The van der Waals surface area contributed by atoms with Gasteiger partial charge in [0.2, 0.25) is 0 Å². The molecule has 0 aliphatic heterocycles. The summed E-state index contributed by atoms with van der Waals surface area (Å²) in [6, 6.07) is 0. The lowest BCUT2D eigenvalue weighted by molar-refractivity contribution is -0.115. The van der Waals surface area contributed by atoms with E-state index in [9.17, 15) is 4.79 Å². The van der Waals surface area contributed by atoms with Gasteiger partial charge in [0, 0.05) is 11.8 Å². The summed E-state index contributed by atoms with van der Waals surface area (Å²) in [4.78, 5) is 11.9. The van der Waals surface area contributed by atoms with Crippen LogP contribution in [0.1, 0.15) is 72.6 Å². The average molecular weight is 325 g/mol. The Balaban J connectivity index is 1.77. The van der Waals surface area contributed by atoms with Gasteiger partial charge in [-0.3, -0.25) is 4.79 Å². The molecular weight excluding hydrogens is 292 g/mol. The Hall–Kier alpha value is -1.11. The summed E-state index contributed by atoms with van der Waals surface area (Å²) in [5.41, 5.74) is 5.27. The standard InChI is InChI=1S/C23H32O/c1-15(2)22(4)12-10-20-18-7-6-16-14-17(24)8-11-21(16,3)19(18)9-13-23(20,22)5/h9,14,18,20H,1,6-8,10-13H2,2-5H3/t18?,20-,21-,22+,23-/m0/s1. The molecule has 0 aromatic carbocycles. The van der Waals surface area contributed by atoms with Crippen molar-refractivity contribution in [2.24, 2.45) is 28.1 Å². The Morgan fingerprint density at radius 2 is 1.92 bits per heavy atom. The summed E-state index contributed by atoms with van der Waals surface area (Å²) < 4.78 is 0. The predicted octanol–water partition coefficient (Wildman–Crippen LogP) is 6.02. The van der Waals surface area contributed by atoms with Crippen LogP contribution < -0.4 is 0 Å². The van der Waals surface area contributed by atoms with Gasteiger partial charge in [-0.25, -0.2) is 0 Å². The average Bonchev–Trinajstić information content (AvgIpc) is 2.81. The number of ketones is 1. The second kappa shape index (κ2) is 4.96. The van der Waals surface area contributed by atoms with Crippen LogP contribution in [0, 0.1) is 28.1 Å². The maximum absolute atomic E-state index is 11.9. The molecule has 4 rings (SSSR count). The number of hydrogen-bond donors (Lipinski definition) is 0. The van der Waals surface area contributed by atoms with Crippen molar-refractivity contribution in [2.45, 2.75) is 72.6 Å². The fourth-order valence-electron chi connectivity index (χ4n) is 6.81. The molecule has 0 N–H and O–H groups in total. The fraction of sp³-hybridized carbons (Fsp3) is 0.696. The van der Waals surface area contributed by atoms with Gasteiger partial charge in [0.15, 0.2) is 5.78 Å². The van der Waals surface area contributed by atoms with E-state index < -0.39 is 0 Å². The number of rotatable bonds is 1. The van der Waals surface area contributed by atoms with Gasteiger partial charge in [-0.05, 0) is 74.2 Å². The normalized spacial score (nSPS) is 47.2. The highest BCUT2D eigenvalue weighted by molar-refractivity contribution is 5.92. The van der Waals surface area contributed by atoms with E-state index in [0.717, 1.165) is 31.1 Å². The van der Waals surface area contributed by atoms with Crippen molar-refractivity contribution in [3.8, 4) is 0 Å². The van der Waals surface area contributed by atoms with Gasteiger partial charge in [-0.1, -0.05) is 50.1 Å². The first kappa shape index (κ1) is 16.4. The first-order valence-electron chi connectivity index (χ1n) is 9.83. The molecular formula is C23H32O. The van der Waals surface area contributed by atoms with E-state index in [1.165, 1.54) is 36.8 Å². The molecule has 2 saturated carbocycles. The van der Waals surface area contributed by atoms with Crippen molar-refractivity contribution in [1.82, 2.24) is 0 Å². The van der Waals surface area contributed by atoms with Gasteiger partial charge in [-0.2, -0.15) is 0 Å². The van der Waals surface area contributed by atoms with E-state index in [4.69, 9.17) is 0 Å². The summed E-state index contributed by atoms with van der Waals surface area (Å²) >= 11 is 0. The molecule has 2 fully saturated rings. The van der Waals surface area contributed by atoms with E-state index >= 15 is 0 Å². The minimum atomic E-state index is 0.167. The van der Waals surface area contributed by atoms with Crippen LogP contribution in [-0.2, 0) is 4.79 Å². The van der Waals surface area contributed by atoms with Crippen LogP contribution in [0.2, 0.25) is 0 Å². The fourth-order valence-corrected chi connectivity index (χ4v) is 6.81. The Labute approximate surface area is 147 Å². The summed E-state index contributed by atoms with van der Waals surface area (Å²) in [6.07, 6.45) is 12.5. The molecule has 4 aliphatic rings. The van der Waals surface area contributed by atoms with Crippen molar-refractivity contribution in [1.29, 1.82) is 0 Å². The summed E-state index contributed by atoms with van der Waals surface area (Å²) in [7, 11) is 0. The smallest absolute Gasteiger partial charge is 0.155 e. The molecule has 0 heterocycles. The van der Waals surface area contributed by atoms with Gasteiger partial charge >= 0.3 is 0 Å². The largest absolute Gasteiger partial charge is 0.295 e. The third-order valence-electron chi connectivity index (χ3n) is 8.88. The lowest BCUT2D eigenvalue weighted by atomic mass is 9.49. The molecule has 0 spiro atoms. The van der Waals surface area contributed by atoms with Gasteiger partial charge in [0.05, 0.1) is 0 Å². The Kier molecular flexibility index (Phi) is 3.38. The molecule has 0 saturated heterocycles. The minimum Gasteiger partial charge on any atom is -0.295 e. The molecule has 0 amide bonds. The van der Waals surface area contributed by atoms with E-state index in [0.29, 0.717) is 11.2 Å². The molecule has 24 heavy (non-hydrogen) atoms. The topological polar surface area (TPSA) is 17.1 Å². The van der Waals surface area contributed by atoms with E-state index in [1.807, 2.05) is 6.08 Å². The van der Waals surface area contributed by atoms with Crippen LogP contribution in [0.5, 0.6) is 0 Å². The quantitative estimate of drug-likeness (QED) is 0.539. The second-order valence-electron chi connectivity index (χ2n) is 9.65. The second-order valence-corrected chi connectivity index (χ2v) is 9.65. The van der Waals surface area contributed by atoms with Crippen LogP contribution >= 0.6 is 0 Å².